The molecule has 3 N–H and O–H groups in total. The van der Waals surface area contributed by atoms with Gasteiger partial charge in [-0.1, -0.05) is 23.8 Å². The molecule has 3 aromatic rings. The van der Waals surface area contributed by atoms with E-state index in [-0.39, 0.29) is 18.1 Å². The lowest BCUT2D eigenvalue weighted by Gasteiger charge is -2.10. The van der Waals surface area contributed by atoms with Crippen LogP contribution in [0.15, 0.2) is 65.5 Å². The van der Waals surface area contributed by atoms with Crippen LogP contribution in [0.2, 0.25) is 0 Å². The molecule has 3 rings (SSSR count). The Morgan fingerprint density at radius 1 is 0.871 bits per heavy atom. The lowest BCUT2D eigenvalue weighted by Crippen LogP contribution is -2.31. The van der Waals surface area contributed by atoms with Gasteiger partial charge in [0.1, 0.15) is 12.2 Å². The van der Waals surface area contributed by atoms with E-state index in [2.05, 4.69) is 21.0 Å². The van der Waals surface area contributed by atoms with Crippen LogP contribution in [-0.2, 0) is 16.1 Å². The third-order valence-electron chi connectivity index (χ3n) is 4.17. The number of hydrogen-bond acceptors (Lipinski definition) is 5. The second-order valence-corrected chi connectivity index (χ2v) is 6.84. The summed E-state index contributed by atoms with van der Waals surface area (Å²) in [5.41, 5.74) is 2.09. The van der Waals surface area contributed by atoms with E-state index in [0.717, 1.165) is 10.2 Å². The molecule has 2 aromatic carbocycles. The summed E-state index contributed by atoms with van der Waals surface area (Å²) < 4.78 is 0.914. The summed E-state index contributed by atoms with van der Waals surface area (Å²) in [6, 6.07) is 16.3. The van der Waals surface area contributed by atoms with Crippen molar-refractivity contribution >= 4 is 34.8 Å². The summed E-state index contributed by atoms with van der Waals surface area (Å²) in [5.74, 6) is -1.24. The molecule has 9 heteroatoms. The van der Waals surface area contributed by atoms with Crippen molar-refractivity contribution in [3.8, 4) is 0 Å². The second-order valence-electron chi connectivity index (χ2n) is 6.84. The zero-order chi connectivity index (χ0) is 22.4. The lowest BCUT2D eigenvalue weighted by molar-refractivity contribution is -0.117. The number of hydrogen-bond donors (Lipinski definition) is 3. The molecular weight excluding hydrogens is 398 g/mol. The van der Waals surface area contributed by atoms with Crippen LogP contribution in [0.1, 0.15) is 23.0 Å². The topological polar surface area (TPSA) is 122 Å². The molecule has 0 aliphatic rings. The van der Waals surface area contributed by atoms with Gasteiger partial charge in [-0.15, -0.1) is 0 Å². The number of amides is 3. The fraction of sp³-hybridized carbons (Fsp3) is 0.136. The third kappa shape index (κ3) is 6.10. The van der Waals surface area contributed by atoms with Crippen molar-refractivity contribution in [2.24, 2.45) is 0 Å². The first-order valence-electron chi connectivity index (χ1n) is 9.44. The van der Waals surface area contributed by atoms with Crippen LogP contribution in [0.25, 0.3) is 0 Å². The number of anilines is 3. The molecule has 9 nitrogen and oxygen atoms in total. The molecule has 31 heavy (non-hydrogen) atoms. The van der Waals surface area contributed by atoms with Gasteiger partial charge in [0.05, 0.1) is 0 Å². The Kier molecular flexibility index (Phi) is 6.56. The zero-order valence-corrected chi connectivity index (χ0v) is 17.0. The Labute approximate surface area is 178 Å². The van der Waals surface area contributed by atoms with Crippen LogP contribution in [0.3, 0.4) is 0 Å². The highest BCUT2D eigenvalue weighted by atomic mass is 16.2. The number of benzene rings is 2. The number of aromatic nitrogens is 2. The van der Waals surface area contributed by atoms with E-state index < -0.39 is 17.4 Å². The molecule has 0 bridgehead atoms. The lowest BCUT2D eigenvalue weighted by atomic mass is 10.2. The number of rotatable bonds is 6. The van der Waals surface area contributed by atoms with Crippen molar-refractivity contribution in [3.63, 3.8) is 0 Å². The molecule has 1 heterocycles. The smallest absolute Gasteiger partial charge is 0.276 e. The first kappa shape index (κ1) is 21.4. The standard InChI is InChI=1S/C22H21N5O4/c1-14-6-8-16(9-7-14)25-22(31)19-10-11-21(30)27(26-19)13-20(29)24-18-5-3-4-17(12-18)23-15(2)28/h3-12H,13H2,1-2H3,(H,23,28)(H,24,29)(H,25,31). The first-order chi connectivity index (χ1) is 14.8. The minimum Gasteiger partial charge on any atom is -0.326 e. The molecule has 0 aliphatic heterocycles. The Hall–Kier alpha value is -4.27. The van der Waals surface area contributed by atoms with Gasteiger partial charge in [-0.2, -0.15) is 5.10 Å². The molecule has 0 fully saturated rings. The van der Waals surface area contributed by atoms with Gasteiger partial charge in [0, 0.05) is 30.1 Å². The summed E-state index contributed by atoms with van der Waals surface area (Å²) in [6.07, 6.45) is 0. The highest BCUT2D eigenvalue weighted by molar-refractivity contribution is 6.02. The summed E-state index contributed by atoms with van der Waals surface area (Å²) in [4.78, 5) is 48.1. The van der Waals surface area contributed by atoms with E-state index in [4.69, 9.17) is 0 Å². The summed E-state index contributed by atoms with van der Waals surface area (Å²) >= 11 is 0. The molecule has 0 unspecified atom stereocenters. The monoisotopic (exact) mass is 419 g/mol. The van der Waals surface area contributed by atoms with Crippen LogP contribution in [0.5, 0.6) is 0 Å². The third-order valence-corrected chi connectivity index (χ3v) is 4.17. The molecular formula is C22H21N5O4. The Balaban J connectivity index is 1.69. The predicted molar refractivity (Wildman–Crippen MR) is 117 cm³/mol. The molecule has 0 saturated carbocycles. The van der Waals surface area contributed by atoms with Crippen LogP contribution in [0, 0.1) is 6.92 Å². The van der Waals surface area contributed by atoms with Gasteiger partial charge in [-0.3, -0.25) is 19.2 Å². The Bertz CT molecular complexity index is 1190. The number of nitrogens with one attached hydrogen (secondary N) is 3. The van der Waals surface area contributed by atoms with E-state index in [9.17, 15) is 19.2 Å². The average Bonchev–Trinajstić information content (AvgIpc) is 2.71. The fourth-order valence-electron chi connectivity index (χ4n) is 2.73. The summed E-state index contributed by atoms with van der Waals surface area (Å²) in [5, 5.41) is 11.9. The van der Waals surface area contributed by atoms with Gasteiger partial charge >= 0.3 is 0 Å². The van der Waals surface area contributed by atoms with E-state index in [1.165, 1.54) is 19.1 Å². The molecule has 1 aromatic heterocycles. The van der Waals surface area contributed by atoms with Crippen molar-refractivity contribution < 1.29 is 14.4 Å². The van der Waals surface area contributed by atoms with Crippen molar-refractivity contribution in [2.75, 3.05) is 16.0 Å². The average molecular weight is 419 g/mol. The van der Waals surface area contributed by atoms with E-state index >= 15 is 0 Å². The summed E-state index contributed by atoms with van der Waals surface area (Å²) in [6.45, 7) is 2.93. The first-order valence-corrected chi connectivity index (χ1v) is 9.44. The minimum atomic E-state index is -0.519. The summed E-state index contributed by atoms with van der Waals surface area (Å²) in [7, 11) is 0. The largest absolute Gasteiger partial charge is 0.326 e. The Morgan fingerprint density at radius 3 is 2.23 bits per heavy atom. The number of carbonyl (C=O) groups is 3. The fourth-order valence-corrected chi connectivity index (χ4v) is 2.73. The highest BCUT2D eigenvalue weighted by Gasteiger charge is 2.12. The number of aryl methyl sites for hydroxylation is 1. The predicted octanol–water partition coefficient (Wildman–Crippen LogP) is 2.40. The number of carbonyl (C=O) groups excluding carboxylic acids is 3. The van der Waals surface area contributed by atoms with Gasteiger partial charge in [0.25, 0.3) is 11.5 Å². The van der Waals surface area contributed by atoms with Crippen LogP contribution in [-0.4, -0.2) is 27.5 Å². The van der Waals surface area contributed by atoms with Gasteiger partial charge in [0.2, 0.25) is 11.8 Å². The van der Waals surface area contributed by atoms with E-state index in [1.807, 2.05) is 19.1 Å². The van der Waals surface area contributed by atoms with Crippen molar-refractivity contribution in [2.45, 2.75) is 20.4 Å². The van der Waals surface area contributed by atoms with E-state index in [1.54, 1.807) is 36.4 Å². The van der Waals surface area contributed by atoms with Gasteiger partial charge in [-0.25, -0.2) is 4.68 Å². The SMILES string of the molecule is CC(=O)Nc1cccc(NC(=O)Cn2nc(C(=O)Nc3ccc(C)cc3)ccc2=O)c1. The highest BCUT2D eigenvalue weighted by Crippen LogP contribution is 2.15. The molecule has 0 saturated heterocycles. The molecule has 158 valence electrons. The molecule has 0 atom stereocenters. The zero-order valence-electron chi connectivity index (χ0n) is 17.0. The normalized spacial score (nSPS) is 10.3. The maximum Gasteiger partial charge on any atom is 0.276 e. The van der Waals surface area contributed by atoms with Crippen LogP contribution >= 0.6 is 0 Å². The van der Waals surface area contributed by atoms with E-state index in [0.29, 0.717) is 17.1 Å². The van der Waals surface area contributed by atoms with Gasteiger partial charge in [0.15, 0.2) is 0 Å². The second kappa shape index (κ2) is 9.49. The maximum absolute atomic E-state index is 12.4. The minimum absolute atomic E-state index is 0.000584. The molecule has 0 spiro atoms. The van der Waals surface area contributed by atoms with Crippen molar-refractivity contribution in [3.05, 3.63) is 82.3 Å². The maximum atomic E-state index is 12.4. The quantitative estimate of drug-likeness (QED) is 0.566. The van der Waals surface area contributed by atoms with Crippen LogP contribution < -0.4 is 21.5 Å². The Morgan fingerprint density at radius 2 is 1.55 bits per heavy atom. The number of nitrogens with zero attached hydrogens (tertiary/aromatic N) is 2. The molecule has 0 aliphatic carbocycles. The molecule has 3 amide bonds. The van der Waals surface area contributed by atoms with Crippen molar-refractivity contribution in [1.82, 2.24) is 9.78 Å². The van der Waals surface area contributed by atoms with Gasteiger partial charge in [-0.05, 0) is 43.3 Å². The van der Waals surface area contributed by atoms with Crippen LogP contribution in [0.4, 0.5) is 17.1 Å². The molecule has 0 radical (unpaired) electrons. The van der Waals surface area contributed by atoms with Gasteiger partial charge < -0.3 is 16.0 Å². The van der Waals surface area contributed by atoms with Crippen molar-refractivity contribution in [1.29, 1.82) is 0 Å².